The summed E-state index contributed by atoms with van der Waals surface area (Å²) in [6.07, 6.45) is 2.00. The number of benzene rings is 2. The number of carbonyl (C=O) groups is 1. The second-order valence-corrected chi connectivity index (χ2v) is 8.43. The molecule has 2 aromatic rings. The number of carbonyl (C=O) groups excluding carboxylic acids is 1. The van der Waals surface area contributed by atoms with Crippen LogP contribution in [0, 0.1) is 5.92 Å². The van der Waals surface area contributed by atoms with Gasteiger partial charge in [-0.25, -0.2) is 0 Å². The second-order valence-electron chi connectivity index (χ2n) is 7.56. The zero-order valence-corrected chi connectivity index (χ0v) is 18.1. The third-order valence-corrected chi connectivity index (χ3v) is 6.01. The molecule has 3 nitrogen and oxygen atoms in total. The molecule has 0 spiro atoms. The first-order valence-corrected chi connectivity index (χ1v) is 10.8. The predicted octanol–water partition coefficient (Wildman–Crippen LogP) is 5.66. The molecule has 0 radical (unpaired) electrons. The number of nitrogens with zero attached hydrogens (tertiary/aromatic N) is 2. The standard InChI is InChI=1S/C23H28Cl2N2O/c1-3-4-17(2)23(28)27-15-13-26(14-16-27)22(18-5-9-20(24)10-6-18)19-7-11-21(25)12-8-19/h5-12,17,22H,3-4,13-16H2,1-2H3. The fourth-order valence-corrected chi connectivity index (χ4v) is 4.22. The fourth-order valence-electron chi connectivity index (χ4n) is 3.97. The highest BCUT2D eigenvalue weighted by atomic mass is 35.5. The van der Waals surface area contributed by atoms with Crippen LogP contribution in [0.5, 0.6) is 0 Å². The molecular weight excluding hydrogens is 391 g/mol. The minimum absolute atomic E-state index is 0.111. The highest BCUT2D eigenvalue weighted by molar-refractivity contribution is 6.30. The van der Waals surface area contributed by atoms with Gasteiger partial charge in [0.15, 0.2) is 0 Å². The van der Waals surface area contributed by atoms with Gasteiger partial charge in [0.1, 0.15) is 0 Å². The zero-order chi connectivity index (χ0) is 20.1. The molecule has 1 atom stereocenters. The van der Waals surface area contributed by atoms with Crippen molar-refractivity contribution in [2.24, 2.45) is 5.92 Å². The maximum absolute atomic E-state index is 12.7. The quantitative estimate of drug-likeness (QED) is 0.603. The van der Waals surface area contributed by atoms with E-state index in [1.165, 1.54) is 11.1 Å². The van der Waals surface area contributed by atoms with E-state index in [-0.39, 0.29) is 17.9 Å². The lowest BCUT2D eigenvalue weighted by Gasteiger charge is -2.40. The Morgan fingerprint density at radius 1 is 0.893 bits per heavy atom. The highest BCUT2D eigenvalue weighted by Gasteiger charge is 2.29. The van der Waals surface area contributed by atoms with E-state index in [1.807, 2.05) is 36.1 Å². The van der Waals surface area contributed by atoms with Crippen LogP contribution in [-0.4, -0.2) is 41.9 Å². The maximum Gasteiger partial charge on any atom is 0.225 e. The van der Waals surface area contributed by atoms with Crippen molar-refractivity contribution in [3.8, 4) is 0 Å². The molecule has 3 rings (SSSR count). The van der Waals surface area contributed by atoms with Gasteiger partial charge in [0.05, 0.1) is 6.04 Å². The molecule has 1 heterocycles. The summed E-state index contributed by atoms with van der Waals surface area (Å²) in [5.41, 5.74) is 2.40. The van der Waals surface area contributed by atoms with Crippen LogP contribution in [0.15, 0.2) is 48.5 Å². The predicted molar refractivity (Wildman–Crippen MR) is 117 cm³/mol. The van der Waals surface area contributed by atoms with E-state index in [0.717, 1.165) is 49.1 Å². The monoisotopic (exact) mass is 418 g/mol. The van der Waals surface area contributed by atoms with Crippen molar-refractivity contribution in [2.75, 3.05) is 26.2 Å². The van der Waals surface area contributed by atoms with E-state index in [4.69, 9.17) is 23.2 Å². The molecule has 0 aliphatic carbocycles. The van der Waals surface area contributed by atoms with Crippen LogP contribution >= 0.6 is 23.2 Å². The first-order valence-electron chi connectivity index (χ1n) is 10.0. The molecule has 1 unspecified atom stereocenters. The molecule has 1 fully saturated rings. The Labute approximate surface area is 178 Å². The topological polar surface area (TPSA) is 23.6 Å². The van der Waals surface area contributed by atoms with Crippen LogP contribution in [0.2, 0.25) is 10.0 Å². The molecule has 1 aliphatic rings. The normalized spacial score (nSPS) is 16.4. The van der Waals surface area contributed by atoms with E-state index < -0.39 is 0 Å². The van der Waals surface area contributed by atoms with E-state index in [9.17, 15) is 4.79 Å². The minimum atomic E-state index is 0.111. The van der Waals surface area contributed by atoms with E-state index in [2.05, 4.69) is 36.1 Å². The molecular formula is C23H28Cl2N2O. The molecule has 2 aromatic carbocycles. The van der Waals surface area contributed by atoms with Gasteiger partial charge < -0.3 is 4.90 Å². The summed E-state index contributed by atoms with van der Waals surface area (Å²) in [5, 5.41) is 1.47. The average Bonchev–Trinajstić information content (AvgIpc) is 2.71. The molecule has 0 aromatic heterocycles. The summed E-state index contributed by atoms with van der Waals surface area (Å²) in [6, 6.07) is 16.2. The van der Waals surface area contributed by atoms with Crippen LogP contribution in [0.25, 0.3) is 0 Å². The molecule has 5 heteroatoms. The van der Waals surface area contributed by atoms with Crippen molar-refractivity contribution in [2.45, 2.75) is 32.7 Å². The van der Waals surface area contributed by atoms with Gasteiger partial charge in [0.25, 0.3) is 0 Å². The Balaban J connectivity index is 1.77. The van der Waals surface area contributed by atoms with Gasteiger partial charge >= 0.3 is 0 Å². The van der Waals surface area contributed by atoms with Crippen LogP contribution < -0.4 is 0 Å². The number of amides is 1. The van der Waals surface area contributed by atoms with Gasteiger partial charge in [0.2, 0.25) is 5.91 Å². The minimum Gasteiger partial charge on any atom is -0.340 e. The number of halogens is 2. The van der Waals surface area contributed by atoms with Crippen molar-refractivity contribution in [3.63, 3.8) is 0 Å². The van der Waals surface area contributed by atoms with Crippen LogP contribution in [0.3, 0.4) is 0 Å². The number of rotatable bonds is 6. The molecule has 1 amide bonds. The van der Waals surface area contributed by atoms with Gasteiger partial charge in [-0.05, 0) is 41.8 Å². The molecule has 1 aliphatic heterocycles. The summed E-state index contributed by atoms with van der Waals surface area (Å²) >= 11 is 12.2. The van der Waals surface area contributed by atoms with Crippen LogP contribution in [0.1, 0.15) is 43.9 Å². The third-order valence-electron chi connectivity index (χ3n) is 5.51. The lowest BCUT2D eigenvalue weighted by Crippen LogP contribution is -2.51. The summed E-state index contributed by atoms with van der Waals surface area (Å²) in [4.78, 5) is 17.1. The Hall–Kier alpha value is -1.55. The largest absolute Gasteiger partial charge is 0.340 e. The third kappa shape index (κ3) is 5.08. The first kappa shape index (κ1) is 21.2. The van der Waals surface area contributed by atoms with Gasteiger partial charge in [-0.15, -0.1) is 0 Å². The Bertz CT molecular complexity index is 723. The van der Waals surface area contributed by atoms with Gasteiger partial charge in [0, 0.05) is 42.1 Å². The zero-order valence-electron chi connectivity index (χ0n) is 16.6. The lowest BCUT2D eigenvalue weighted by molar-refractivity contribution is -0.137. The lowest BCUT2D eigenvalue weighted by atomic mass is 9.96. The first-order chi connectivity index (χ1) is 13.5. The molecule has 150 valence electrons. The molecule has 1 saturated heterocycles. The van der Waals surface area contributed by atoms with E-state index in [0.29, 0.717) is 0 Å². The summed E-state index contributed by atoms with van der Waals surface area (Å²) < 4.78 is 0. The van der Waals surface area contributed by atoms with Gasteiger partial charge in [-0.1, -0.05) is 67.7 Å². The summed E-state index contributed by atoms with van der Waals surface area (Å²) in [7, 11) is 0. The van der Waals surface area contributed by atoms with Gasteiger partial charge in [-0.3, -0.25) is 9.69 Å². The van der Waals surface area contributed by atoms with Crippen molar-refractivity contribution in [1.82, 2.24) is 9.80 Å². The summed E-state index contributed by atoms with van der Waals surface area (Å²) in [6.45, 7) is 7.41. The molecule has 0 saturated carbocycles. The van der Waals surface area contributed by atoms with Gasteiger partial charge in [-0.2, -0.15) is 0 Å². The van der Waals surface area contributed by atoms with E-state index >= 15 is 0 Å². The SMILES string of the molecule is CCCC(C)C(=O)N1CCN(C(c2ccc(Cl)cc2)c2ccc(Cl)cc2)CC1. The smallest absolute Gasteiger partial charge is 0.225 e. The van der Waals surface area contributed by atoms with Crippen LogP contribution in [-0.2, 0) is 4.79 Å². The Morgan fingerprint density at radius 2 is 1.36 bits per heavy atom. The van der Waals surface area contributed by atoms with Crippen molar-refractivity contribution in [1.29, 1.82) is 0 Å². The summed E-state index contributed by atoms with van der Waals surface area (Å²) in [5.74, 6) is 0.399. The van der Waals surface area contributed by atoms with Crippen LogP contribution in [0.4, 0.5) is 0 Å². The average molecular weight is 419 g/mol. The molecule has 0 N–H and O–H groups in total. The maximum atomic E-state index is 12.7. The second kappa shape index (κ2) is 9.78. The Kier molecular flexibility index (Phi) is 7.39. The van der Waals surface area contributed by atoms with Crippen molar-refractivity contribution in [3.05, 3.63) is 69.7 Å². The van der Waals surface area contributed by atoms with Crippen molar-refractivity contribution < 1.29 is 4.79 Å². The Morgan fingerprint density at radius 3 is 1.79 bits per heavy atom. The molecule has 28 heavy (non-hydrogen) atoms. The number of hydrogen-bond acceptors (Lipinski definition) is 2. The number of piperazine rings is 1. The van der Waals surface area contributed by atoms with Crippen molar-refractivity contribution >= 4 is 29.1 Å². The van der Waals surface area contributed by atoms with E-state index in [1.54, 1.807) is 0 Å². The fraction of sp³-hybridized carbons (Fsp3) is 0.435. The highest BCUT2D eigenvalue weighted by Crippen LogP contribution is 2.31. The number of hydrogen-bond donors (Lipinski definition) is 0. The molecule has 0 bridgehead atoms.